The molecule has 0 aliphatic carbocycles. The summed E-state index contributed by atoms with van der Waals surface area (Å²) in [7, 11) is -0.788. The van der Waals surface area contributed by atoms with E-state index in [0.29, 0.717) is 54.2 Å². The number of amides is 1. The maximum atomic E-state index is 13.4. The van der Waals surface area contributed by atoms with Gasteiger partial charge in [-0.2, -0.15) is 22.5 Å². The fraction of sp³-hybridized carbons (Fsp3) is 0.452. The Morgan fingerprint density at radius 1 is 1.11 bits per heavy atom. The first-order chi connectivity index (χ1) is 21.3. The zero-order chi connectivity index (χ0) is 32.6. The molecule has 242 valence electrons. The summed E-state index contributed by atoms with van der Waals surface area (Å²) in [6, 6.07) is 10.4. The van der Waals surface area contributed by atoms with E-state index in [0.717, 1.165) is 12.1 Å². The monoisotopic (exact) mass is 647 g/mol. The van der Waals surface area contributed by atoms with Crippen LogP contribution in [0.15, 0.2) is 53.6 Å². The van der Waals surface area contributed by atoms with Crippen molar-refractivity contribution in [1.82, 2.24) is 19.6 Å². The van der Waals surface area contributed by atoms with Gasteiger partial charge in [0.15, 0.2) is 0 Å². The molecule has 1 unspecified atom stereocenters. The van der Waals surface area contributed by atoms with E-state index >= 15 is 0 Å². The molecule has 0 saturated carbocycles. The first kappa shape index (κ1) is 32.5. The van der Waals surface area contributed by atoms with E-state index in [1.807, 2.05) is 4.90 Å². The van der Waals surface area contributed by atoms with Gasteiger partial charge in [0.1, 0.15) is 18.2 Å². The molecule has 45 heavy (non-hydrogen) atoms. The lowest BCUT2D eigenvalue weighted by molar-refractivity contribution is -0.137. The maximum Gasteiger partial charge on any atom is 0.416 e. The Balaban J connectivity index is 1.22. The number of ether oxygens (including phenoxy) is 2. The normalized spacial score (nSPS) is 18.4. The highest BCUT2D eigenvalue weighted by molar-refractivity contribution is 7.89. The third kappa shape index (κ3) is 6.43. The number of nitrogens with one attached hydrogen (secondary N) is 1. The van der Waals surface area contributed by atoms with Gasteiger partial charge in [-0.1, -0.05) is 18.2 Å². The number of benzene rings is 2. The zero-order valence-corrected chi connectivity index (χ0v) is 26.3. The topological polar surface area (TPSA) is 114 Å². The number of sulfonamides is 1. The molecule has 1 atom stereocenters. The number of carbonyl (C=O) groups excluding carboxylic acids is 1. The number of carbonyl (C=O) groups is 1. The number of hydrogen-bond acceptors (Lipinski definition) is 8. The number of halogens is 3. The van der Waals surface area contributed by atoms with Gasteiger partial charge in [-0.3, -0.25) is 4.79 Å². The molecule has 5 rings (SSSR count). The minimum Gasteiger partial charge on any atom is -0.497 e. The first-order valence-electron chi connectivity index (χ1n) is 14.5. The molecule has 0 bridgehead atoms. The summed E-state index contributed by atoms with van der Waals surface area (Å²) in [5, 5.41) is 2.88. The largest absolute Gasteiger partial charge is 0.497 e. The highest BCUT2D eigenvalue weighted by atomic mass is 32.2. The van der Waals surface area contributed by atoms with Gasteiger partial charge >= 0.3 is 12.2 Å². The number of aromatic nitrogens is 2. The first-order valence-corrected chi connectivity index (χ1v) is 16.0. The molecule has 1 spiro atoms. The molecule has 2 fully saturated rings. The fourth-order valence-electron chi connectivity index (χ4n) is 6.36. The Hall–Kier alpha value is -3.91. The van der Waals surface area contributed by atoms with Crippen LogP contribution in [0.25, 0.3) is 0 Å². The Kier molecular flexibility index (Phi) is 9.00. The van der Waals surface area contributed by atoms with E-state index < -0.39 is 27.2 Å². The van der Waals surface area contributed by atoms with E-state index in [-0.39, 0.29) is 42.4 Å². The van der Waals surface area contributed by atoms with Gasteiger partial charge in [0.05, 0.1) is 23.0 Å². The number of methoxy groups -OCH3 is 1. The minimum absolute atomic E-state index is 0.00931. The molecule has 10 nitrogen and oxygen atoms in total. The molecule has 2 saturated heterocycles. The van der Waals surface area contributed by atoms with Gasteiger partial charge in [0.2, 0.25) is 15.9 Å². The standard InChI is InChI=1S/C31H36F3N5O5S/c1-20-16-24(43-4)17-21(2)27(20)45(41,42)38(3)14-15-44-29-35-11-8-26(37-29)39-12-9-30(10-13-39)25(19-36-28(30)40)22-6-5-7-23(18-22)31(32,33)34/h5-8,11,16-18,25H,9-10,12-15,19H2,1-4H3,(H,36,40). The van der Waals surface area contributed by atoms with Crippen molar-refractivity contribution in [2.45, 2.75) is 43.7 Å². The van der Waals surface area contributed by atoms with Crippen LogP contribution >= 0.6 is 0 Å². The predicted molar refractivity (Wildman–Crippen MR) is 161 cm³/mol. The van der Waals surface area contributed by atoms with Gasteiger partial charge in [-0.25, -0.2) is 13.4 Å². The molecule has 3 aromatic rings. The zero-order valence-electron chi connectivity index (χ0n) is 25.5. The van der Waals surface area contributed by atoms with Gasteiger partial charge in [-0.05, 0) is 67.6 Å². The summed E-state index contributed by atoms with van der Waals surface area (Å²) in [6.45, 7) is 4.71. The van der Waals surface area contributed by atoms with Crippen molar-refractivity contribution >= 4 is 21.7 Å². The fourth-order valence-corrected chi connectivity index (χ4v) is 7.92. The van der Waals surface area contributed by atoms with Gasteiger partial charge in [0.25, 0.3) is 0 Å². The Bertz CT molecular complexity index is 1650. The summed E-state index contributed by atoms with van der Waals surface area (Å²) in [5.74, 6) is 0.639. The van der Waals surface area contributed by atoms with Crippen molar-refractivity contribution in [3.63, 3.8) is 0 Å². The van der Waals surface area contributed by atoms with Crippen LogP contribution in [0, 0.1) is 19.3 Å². The van der Waals surface area contributed by atoms with Crippen LogP contribution in [0.3, 0.4) is 0 Å². The van der Waals surface area contributed by atoms with Crippen LogP contribution in [0.5, 0.6) is 11.8 Å². The number of rotatable bonds is 9. The predicted octanol–water partition coefficient (Wildman–Crippen LogP) is 4.32. The smallest absolute Gasteiger partial charge is 0.416 e. The molecule has 14 heteroatoms. The van der Waals surface area contributed by atoms with Crippen molar-refractivity contribution in [2.24, 2.45) is 5.41 Å². The van der Waals surface area contributed by atoms with Gasteiger partial charge in [-0.15, -0.1) is 0 Å². The second-order valence-electron chi connectivity index (χ2n) is 11.5. The van der Waals surface area contributed by atoms with Crippen LogP contribution < -0.4 is 19.7 Å². The van der Waals surface area contributed by atoms with E-state index in [1.165, 1.54) is 24.5 Å². The quantitative estimate of drug-likeness (QED) is 0.366. The van der Waals surface area contributed by atoms with E-state index in [9.17, 15) is 26.4 Å². The van der Waals surface area contributed by atoms with Crippen molar-refractivity contribution in [1.29, 1.82) is 0 Å². The molecule has 1 aromatic heterocycles. The Morgan fingerprint density at radius 2 is 1.80 bits per heavy atom. The second kappa shape index (κ2) is 12.5. The number of alkyl halides is 3. The number of nitrogens with zero attached hydrogens (tertiary/aromatic N) is 4. The van der Waals surface area contributed by atoms with Crippen LogP contribution in [-0.2, 0) is 21.0 Å². The van der Waals surface area contributed by atoms with Crippen LogP contribution in [0.4, 0.5) is 19.0 Å². The number of likely N-dealkylation sites (N-methyl/N-ethyl adjacent to an activating group) is 1. The van der Waals surface area contributed by atoms with Crippen molar-refractivity contribution in [3.05, 3.63) is 70.9 Å². The Labute approximate surface area is 260 Å². The molecule has 1 N–H and O–H groups in total. The van der Waals surface area contributed by atoms with E-state index in [4.69, 9.17) is 9.47 Å². The lowest BCUT2D eigenvalue weighted by atomic mass is 9.67. The molecule has 2 aromatic carbocycles. The summed E-state index contributed by atoms with van der Waals surface area (Å²) >= 11 is 0. The molecule has 2 aliphatic rings. The summed E-state index contributed by atoms with van der Waals surface area (Å²) in [5.41, 5.74) is 0.114. The Morgan fingerprint density at radius 3 is 2.44 bits per heavy atom. The number of anilines is 1. The summed E-state index contributed by atoms with van der Waals surface area (Å²) in [4.78, 5) is 23.9. The van der Waals surface area contributed by atoms with Crippen LogP contribution in [-0.4, -0.2) is 75.5 Å². The van der Waals surface area contributed by atoms with E-state index in [2.05, 4.69) is 15.3 Å². The number of aryl methyl sites for hydroxylation is 2. The third-order valence-corrected chi connectivity index (χ3v) is 10.9. The molecule has 1 amide bonds. The van der Waals surface area contributed by atoms with Gasteiger partial charge < -0.3 is 19.7 Å². The SMILES string of the molecule is COc1cc(C)c(S(=O)(=O)N(C)CCOc2nccc(N3CCC4(CC3)C(=O)NCC4c3cccc(C(F)(F)F)c3)n2)c(C)c1. The van der Waals surface area contributed by atoms with Crippen LogP contribution in [0.2, 0.25) is 0 Å². The highest BCUT2D eigenvalue weighted by Gasteiger charge is 2.52. The highest BCUT2D eigenvalue weighted by Crippen LogP contribution is 2.48. The van der Waals surface area contributed by atoms with Crippen molar-refractivity contribution < 1.29 is 35.9 Å². The maximum absolute atomic E-state index is 13.4. The number of hydrogen-bond donors (Lipinski definition) is 1. The van der Waals surface area contributed by atoms with Crippen LogP contribution in [0.1, 0.15) is 41.0 Å². The number of piperidine rings is 1. The average molecular weight is 648 g/mol. The molecular weight excluding hydrogens is 611 g/mol. The average Bonchev–Trinajstić information content (AvgIpc) is 3.31. The molecule has 2 aliphatic heterocycles. The van der Waals surface area contributed by atoms with Crippen molar-refractivity contribution in [2.75, 3.05) is 51.8 Å². The summed E-state index contributed by atoms with van der Waals surface area (Å²) in [6.07, 6.45) is -2.05. The summed E-state index contributed by atoms with van der Waals surface area (Å²) < 4.78 is 78.9. The van der Waals surface area contributed by atoms with E-state index in [1.54, 1.807) is 44.3 Å². The third-order valence-electron chi connectivity index (χ3n) is 8.78. The molecular formula is C31H36F3N5O5S. The second-order valence-corrected chi connectivity index (χ2v) is 13.5. The molecule has 3 heterocycles. The van der Waals surface area contributed by atoms with Crippen molar-refractivity contribution in [3.8, 4) is 11.8 Å². The molecule has 0 radical (unpaired) electrons. The lowest BCUT2D eigenvalue weighted by Crippen LogP contribution is -2.46. The van der Waals surface area contributed by atoms with Gasteiger partial charge in [0, 0.05) is 45.3 Å². The minimum atomic E-state index is -4.46. The lowest BCUT2D eigenvalue weighted by Gasteiger charge is -2.41.